The highest BCUT2D eigenvalue weighted by molar-refractivity contribution is 5.77. The van der Waals surface area contributed by atoms with Gasteiger partial charge >= 0.3 is 6.03 Å². The lowest BCUT2D eigenvalue weighted by Crippen LogP contribution is -2.68. The van der Waals surface area contributed by atoms with E-state index in [0.29, 0.717) is 13.1 Å². The summed E-state index contributed by atoms with van der Waals surface area (Å²) in [7, 11) is 0. The maximum atomic E-state index is 12.1. The van der Waals surface area contributed by atoms with Crippen LogP contribution in [0.3, 0.4) is 0 Å². The maximum Gasteiger partial charge on any atom is 0.314 e. The Labute approximate surface area is 167 Å². The van der Waals surface area contributed by atoms with Crippen LogP contribution in [0.2, 0.25) is 0 Å². The highest BCUT2D eigenvalue weighted by Crippen LogP contribution is 2.41. The van der Waals surface area contributed by atoms with Crippen LogP contribution in [0.25, 0.3) is 5.57 Å². The third-order valence-corrected chi connectivity index (χ3v) is 5.81. The molecule has 0 aromatic heterocycles. The topological polar surface area (TPSA) is 81.7 Å². The summed E-state index contributed by atoms with van der Waals surface area (Å²) in [5.74, 6) is -0.0734. The van der Waals surface area contributed by atoms with E-state index in [2.05, 4.69) is 41.0 Å². The molecule has 6 heteroatoms. The molecule has 152 valence electrons. The molecule has 3 amide bonds. The van der Waals surface area contributed by atoms with Crippen molar-refractivity contribution in [3.05, 3.63) is 41.5 Å². The number of carbonyl (C=O) groups is 2. The van der Waals surface area contributed by atoms with Crippen molar-refractivity contribution in [1.82, 2.24) is 15.5 Å². The van der Waals surface area contributed by atoms with Crippen molar-refractivity contribution in [1.29, 1.82) is 0 Å². The van der Waals surface area contributed by atoms with Crippen molar-refractivity contribution in [2.45, 2.75) is 57.5 Å². The number of nitrogens with one attached hydrogen (secondary N) is 2. The van der Waals surface area contributed by atoms with Gasteiger partial charge in [-0.1, -0.05) is 37.3 Å². The largest absolute Gasteiger partial charge is 0.394 e. The number of nitrogens with zero attached hydrogens (tertiary/aromatic N) is 1. The number of likely N-dealkylation sites (tertiary alicyclic amines) is 1. The van der Waals surface area contributed by atoms with E-state index in [4.69, 9.17) is 0 Å². The predicted octanol–water partition coefficient (Wildman–Crippen LogP) is 2.64. The molecule has 3 N–H and O–H groups in total. The average molecular weight is 386 g/mol. The van der Waals surface area contributed by atoms with Crippen LogP contribution in [0, 0.1) is 0 Å². The summed E-state index contributed by atoms with van der Waals surface area (Å²) in [6.45, 7) is 4.40. The molecule has 1 aliphatic heterocycles. The summed E-state index contributed by atoms with van der Waals surface area (Å²) in [5, 5.41) is 15.5. The lowest BCUT2D eigenvalue weighted by molar-refractivity contribution is -0.147. The molecule has 0 saturated carbocycles. The zero-order valence-corrected chi connectivity index (χ0v) is 16.8. The Morgan fingerprint density at radius 1 is 1.18 bits per heavy atom. The van der Waals surface area contributed by atoms with E-state index in [9.17, 15) is 14.7 Å². The van der Waals surface area contributed by atoms with Crippen LogP contribution >= 0.6 is 0 Å². The van der Waals surface area contributed by atoms with Crippen LogP contribution in [0.15, 0.2) is 30.3 Å². The maximum absolute atomic E-state index is 12.1. The Morgan fingerprint density at radius 2 is 1.93 bits per heavy atom. The molecule has 6 nitrogen and oxygen atoms in total. The van der Waals surface area contributed by atoms with Gasteiger partial charge in [-0.2, -0.15) is 0 Å². The van der Waals surface area contributed by atoms with Gasteiger partial charge in [-0.25, -0.2) is 4.79 Å². The number of allylic oxidation sites excluding steroid dienone is 2. The van der Waals surface area contributed by atoms with E-state index in [1.165, 1.54) is 24.5 Å². The van der Waals surface area contributed by atoms with Crippen LogP contribution in [0.1, 0.15) is 56.6 Å². The van der Waals surface area contributed by atoms with Gasteiger partial charge in [0.1, 0.15) is 0 Å². The second-order valence-corrected chi connectivity index (χ2v) is 7.65. The van der Waals surface area contributed by atoms with E-state index in [0.717, 1.165) is 24.8 Å². The van der Waals surface area contributed by atoms with Gasteiger partial charge in [0.15, 0.2) is 0 Å². The summed E-state index contributed by atoms with van der Waals surface area (Å²) in [5.41, 5.74) is 3.74. The van der Waals surface area contributed by atoms with Crippen LogP contribution in [0.4, 0.5) is 4.79 Å². The van der Waals surface area contributed by atoms with Crippen LogP contribution < -0.4 is 10.6 Å². The molecule has 1 heterocycles. The summed E-state index contributed by atoms with van der Waals surface area (Å²) < 4.78 is 0. The van der Waals surface area contributed by atoms with E-state index in [1.807, 2.05) is 6.92 Å². The smallest absolute Gasteiger partial charge is 0.314 e. The van der Waals surface area contributed by atoms with Crippen LogP contribution in [-0.4, -0.2) is 53.7 Å². The van der Waals surface area contributed by atoms with Gasteiger partial charge in [0.05, 0.1) is 18.7 Å². The number of benzene rings is 1. The lowest BCUT2D eigenvalue weighted by Gasteiger charge is -2.54. The highest BCUT2D eigenvalue weighted by Gasteiger charge is 2.49. The van der Waals surface area contributed by atoms with Gasteiger partial charge in [-0.05, 0) is 42.4 Å². The molecular formula is C22H31N3O3. The molecule has 0 bridgehead atoms. The van der Waals surface area contributed by atoms with Crippen molar-refractivity contribution in [3.8, 4) is 0 Å². The Hall–Kier alpha value is -2.34. The van der Waals surface area contributed by atoms with Crippen LogP contribution in [0.5, 0.6) is 0 Å². The molecule has 1 aliphatic carbocycles. The van der Waals surface area contributed by atoms with E-state index >= 15 is 0 Å². The molecule has 0 radical (unpaired) electrons. The number of aliphatic hydroxyl groups is 1. The summed E-state index contributed by atoms with van der Waals surface area (Å²) >= 11 is 0. The Balaban J connectivity index is 1.73. The van der Waals surface area contributed by atoms with Gasteiger partial charge in [0, 0.05) is 25.9 Å². The Morgan fingerprint density at radius 3 is 2.50 bits per heavy atom. The van der Waals surface area contributed by atoms with Crippen LogP contribution in [-0.2, 0) is 4.79 Å². The molecule has 3 atom stereocenters. The van der Waals surface area contributed by atoms with E-state index < -0.39 is 0 Å². The van der Waals surface area contributed by atoms with Crippen molar-refractivity contribution in [2.75, 3.05) is 19.7 Å². The molecule has 1 fully saturated rings. The first-order valence-electron chi connectivity index (χ1n) is 10.3. The number of hydrogen-bond acceptors (Lipinski definition) is 3. The minimum absolute atomic E-state index is 0.00647. The van der Waals surface area contributed by atoms with Gasteiger partial charge in [-0.3, -0.25) is 4.79 Å². The zero-order valence-electron chi connectivity index (χ0n) is 16.8. The number of aliphatic hydroxyl groups excluding tert-OH is 1. The SMILES string of the molecule is CCCNC(=O)NC[C@@H]1[C@@H](c2ccc(C3=CCCC3)cc2)[C@H](CO)N1C(C)=O. The Kier molecular flexibility index (Phi) is 6.73. The summed E-state index contributed by atoms with van der Waals surface area (Å²) in [6, 6.07) is 7.84. The molecule has 28 heavy (non-hydrogen) atoms. The number of carbonyl (C=O) groups excluding carboxylic acids is 2. The molecule has 1 aromatic rings. The fourth-order valence-corrected chi connectivity index (χ4v) is 4.44. The van der Waals surface area contributed by atoms with Gasteiger partial charge in [-0.15, -0.1) is 0 Å². The average Bonchev–Trinajstić information content (AvgIpc) is 3.20. The second-order valence-electron chi connectivity index (χ2n) is 7.65. The standard InChI is InChI=1S/C22H31N3O3/c1-3-12-23-22(28)24-13-19-21(20(14-26)25(19)15(2)27)18-10-8-17(9-11-18)16-6-4-5-7-16/h6,8-11,19-21,26H,3-5,7,12-14H2,1-2H3,(H2,23,24,28)/t19-,20+,21-/m1/s1. The fourth-order valence-electron chi connectivity index (χ4n) is 4.44. The van der Waals surface area contributed by atoms with Gasteiger partial charge < -0.3 is 20.6 Å². The first kappa shape index (κ1) is 20.4. The van der Waals surface area contributed by atoms with Crippen molar-refractivity contribution in [2.24, 2.45) is 0 Å². The number of rotatable bonds is 7. The summed E-state index contributed by atoms with van der Waals surface area (Å²) in [4.78, 5) is 25.7. The van der Waals surface area contributed by atoms with E-state index in [1.54, 1.807) is 4.90 Å². The van der Waals surface area contributed by atoms with Crippen molar-refractivity contribution in [3.63, 3.8) is 0 Å². The molecule has 3 rings (SSSR count). The molecule has 1 aromatic carbocycles. The first-order chi connectivity index (χ1) is 13.6. The summed E-state index contributed by atoms with van der Waals surface area (Å²) in [6.07, 6.45) is 6.66. The molecule has 2 aliphatic rings. The molecular weight excluding hydrogens is 354 g/mol. The minimum Gasteiger partial charge on any atom is -0.394 e. The van der Waals surface area contributed by atoms with E-state index in [-0.39, 0.29) is 36.5 Å². The Bertz CT molecular complexity index is 729. The number of amides is 3. The monoisotopic (exact) mass is 385 g/mol. The third kappa shape index (κ3) is 4.22. The second kappa shape index (κ2) is 9.24. The number of hydrogen-bond donors (Lipinski definition) is 3. The highest BCUT2D eigenvalue weighted by atomic mass is 16.3. The minimum atomic E-state index is -0.250. The lowest BCUT2D eigenvalue weighted by atomic mass is 9.74. The molecule has 1 saturated heterocycles. The zero-order chi connectivity index (χ0) is 20.1. The number of urea groups is 1. The quantitative estimate of drug-likeness (QED) is 0.675. The third-order valence-electron chi connectivity index (χ3n) is 5.81. The molecule has 0 unspecified atom stereocenters. The predicted molar refractivity (Wildman–Crippen MR) is 110 cm³/mol. The van der Waals surface area contributed by atoms with Crippen molar-refractivity contribution >= 4 is 17.5 Å². The first-order valence-corrected chi connectivity index (χ1v) is 10.3. The van der Waals surface area contributed by atoms with Crippen molar-refractivity contribution < 1.29 is 14.7 Å². The molecule has 0 spiro atoms. The van der Waals surface area contributed by atoms with Gasteiger partial charge in [0.25, 0.3) is 0 Å². The fraction of sp³-hybridized carbons (Fsp3) is 0.545. The normalized spacial score (nSPS) is 23.8. The van der Waals surface area contributed by atoms with Gasteiger partial charge in [0.2, 0.25) is 5.91 Å².